The summed E-state index contributed by atoms with van der Waals surface area (Å²) < 4.78 is 25.6. The van der Waals surface area contributed by atoms with Crippen LogP contribution in [0.5, 0.6) is 0 Å². The third kappa shape index (κ3) is 4.41. The first-order valence-electron chi connectivity index (χ1n) is 5.75. The van der Waals surface area contributed by atoms with Gasteiger partial charge in [-0.3, -0.25) is 0 Å². The highest BCUT2D eigenvalue weighted by Gasteiger charge is 2.13. The molecule has 0 saturated heterocycles. The maximum Gasteiger partial charge on any atom is 0.258 e. The minimum Gasteiger partial charge on any atom is -0.313 e. The summed E-state index contributed by atoms with van der Waals surface area (Å²) >= 11 is 0. The standard InChI is InChI=1S/C11H19N3O2S/c1-3-7-12-8-10-5-6-11(13-9-10)17(15,16)14-4-2/h5-6,9,12,14H,3-4,7-8H2,1-2H3. The van der Waals surface area contributed by atoms with E-state index in [0.717, 1.165) is 18.5 Å². The first-order valence-corrected chi connectivity index (χ1v) is 7.23. The van der Waals surface area contributed by atoms with Crippen LogP contribution >= 0.6 is 0 Å². The van der Waals surface area contributed by atoms with E-state index in [1.54, 1.807) is 19.2 Å². The average Bonchev–Trinajstić information content (AvgIpc) is 2.30. The maximum atomic E-state index is 11.6. The number of hydrogen-bond acceptors (Lipinski definition) is 4. The van der Waals surface area contributed by atoms with Gasteiger partial charge in [0.05, 0.1) is 0 Å². The van der Waals surface area contributed by atoms with Crippen LogP contribution in [0.2, 0.25) is 0 Å². The van der Waals surface area contributed by atoms with Gasteiger partial charge >= 0.3 is 0 Å². The van der Waals surface area contributed by atoms with Gasteiger partial charge in [0, 0.05) is 19.3 Å². The van der Waals surface area contributed by atoms with Crippen LogP contribution in [0.3, 0.4) is 0 Å². The monoisotopic (exact) mass is 257 g/mol. The number of pyridine rings is 1. The lowest BCUT2D eigenvalue weighted by Crippen LogP contribution is -2.24. The van der Waals surface area contributed by atoms with Crippen molar-refractivity contribution in [3.8, 4) is 0 Å². The lowest BCUT2D eigenvalue weighted by atomic mass is 10.3. The Morgan fingerprint density at radius 3 is 2.59 bits per heavy atom. The fourth-order valence-corrected chi connectivity index (χ4v) is 2.31. The molecule has 1 heterocycles. The van der Waals surface area contributed by atoms with E-state index in [1.807, 2.05) is 0 Å². The molecule has 0 aliphatic rings. The van der Waals surface area contributed by atoms with Gasteiger partial charge in [0.25, 0.3) is 10.0 Å². The highest BCUT2D eigenvalue weighted by atomic mass is 32.2. The number of hydrogen-bond donors (Lipinski definition) is 2. The summed E-state index contributed by atoms with van der Waals surface area (Å²) in [5, 5.41) is 3.30. The second kappa shape index (κ2) is 6.68. The van der Waals surface area contributed by atoms with Crippen LogP contribution < -0.4 is 10.0 Å². The highest BCUT2D eigenvalue weighted by molar-refractivity contribution is 7.89. The van der Waals surface area contributed by atoms with Crippen molar-refractivity contribution < 1.29 is 8.42 Å². The minimum atomic E-state index is -3.43. The SMILES string of the molecule is CCCNCc1ccc(S(=O)(=O)NCC)nc1. The molecule has 0 saturated carbocycles. The number of aromatic nitrogens is 1. The summed E-state index contributed by atoms with van der Waals surface area (Å²) in [6.45, 7) is 5.85. The predicted octanol–water partition coefficient (Wildman–Crippen LogP) is 0.879. The quantitative estimate of drug-likeness (QED) is 0.711. The molecule has 0 spiro atoms. The van der Waals surface area contributed by atoms with E-state index in [1.165, 1.54) is 6.07 Å². The van der Waals surface area contributed by atoms with Crippen molar-refractivity contribution in [1.29, 1.82) is 0 Å². The minimum absolute atomic E-state index is 0.0681. The molecule has 5 nitrogen and oxygen atoms in total. The molecule has 1 aromatic rings. The topological polar surface area (TPSA) is 71.1 Å². The number of rotatable bonds is 7. The normalized spacial score (nSPS) is 11.6. The Balaban J connectivity index is 2.68. The van der Waals surface area contributed by atoms with Crippen molar-refractivity contribution in [2.75, 3.05) is 13.1 Å². The molecule has 0 radical (unpaired) electrons. The molecular formula is C11H19N3O2S. The molecular weight excluding hydrogens is 238 g/mol. The molecule has 17 heavy (non-hydrogen) atoms. The van der Waals surface area contributed by atoms with Crippen molar-refractivity contribution in [3.63, 3.8) is 0 Å². The first-order chi connectivity index (χ1) is 8.10. The molecule has 0 bridgehead atoms. The summed E-state index contributed by atoms with van der Waals surface area (Å²) in [5.74, 6) is 0. The van der Waals surface area contributed by atoms with Crippen LogP contribution in [-0.2, 0) is 16.6 Å². The fourth-order valence-electron chi connectivity index (χ4n) is 1.35. The molecule has 0 unspecified atom stereocenters. The molecule has 0 atom stereocenters. The smallest absolute Gasteiger partial charge is 0.258 e. The molecule has 0 aromatic carbocycles. The van der Waals surface area contributed by atoms with E-state index in [2.05, 4.69) is 21.9 Å². The maximum absolute atomic E-state index is 11.6. The summed E-state index contributed by atoms with van der Waals surface area (Å²) in [5.41, 5.74) is 0.980. The molecule has 0 aliphatic carbocycles. The van der Waals surface area contributed by atoms with Gasteiger partial charge in [-0.2, -0.15) is 0 Å². The highest BCUT2D eigenvalue weighted by Crippen LogP contribution is 2.06. The van der Waals surface area contributed by atoms with Crippen LogP contribution in [0.25, 0.3) is 0 Å². The van der Waals surface area contributed by atoms with Crippen molar-refractivity contribution in [2.24, 2.45) is 0 Å². The molecule has 1 aromatic heterocycles. The van der Waals surface area contributed by atoms with Crippen LogP contribution in [0.4, 0.5) is 0 Å². The first kappa shape index (κ1) is 14.1. The Morgan fingerprint density at radius 2 is 2.06 bits per heavy atom. The Kier molecular flexibility index (Phi) is 5.54. The lowest BCUT2D eigenvalue weighted by Gasteiger charge is -2.05. The van der Waals surface area contributed by atoms with Gasteiger partial charge in [-0.15, -0.1) is 0 Å². The summed E-state index contributed by atoms with van der Waals surface area (Å²) in [7, 11) is -3.43. The van der Waals surface area contributed by atoms with E-state index in [0.29, 0.717) is 13.1 Å². The lowest BCUT2D eigenvalue weighted by molar-refractivity contribution is 0.579. The third-order valence-electron chi connectivity index (χ3n) is 2.16. The molecule has 0 amide bonds. The van der Waals surface area contributed by atoms with Gasteiger partial charge in [-0.1, -0.05) is 19.9 Å². The Labute approximate surface area is 103 Å². The predicted molar refractivity (Wildman–Crippen MR) is 67.1 cm³/mol. The van der Waals surface area contributed by atoms with Crippen molar-refractivity contribution in [2.45, 2.75) is 31.8 Å². The van der Waals surface area contributed by atoms with Gasteiger partial charge in [0.2, 0.25) is 0 Å². The zero-order chi connectivity index (χ0) is 12.7. The van der Waals surface area contributed by atoms with Gasteiger partial charge in [0.15, 0.2) is 5.03 Å². The van der Waals surface area contributed by atoms with E-state index >= 15 is 0 Å². The molecule has 2 N–H and O–H groups in total. The fraction of sp³-hybridized carbons (Fsp3) is 0.545. The van der Waals surface area contributed by atoms with Crippen molar-refractivity contribution in [3.05, 3.63) is 23.9 Å². The van der Waals surface area contributed by atoms with E-state index in [9.17, 15) is 8.42 Å². The van der Waals surface area contributed by atoms with Gasteiger partial charge < -0.3 is 5.32 Å². The molecule has 0 fully saturated rings. The molecule has 96 valence electrons. The Morgan fingerprint density at radius 1 is 1.29 bits per heavy atom. The summed E-state index contributed by atoms with van der Waals surface area (Å²) in [4.78, 5) is 3.96. The van der Waals surface area contributed by atoms with Gasteiger partial charge in [-0.25, -0.2) is 18.1 Å². The van der Waals surface area contributed by atoms with Crippen molar-refractivity contribution in [1.82, 2.24) is 15.0 Å². The van der Waals surface area contributed by atoms with Crippen LogP contribution in [0.1, 0.15) is 25.8 Å². The number of sulfonamides is 1. The van der Waals surface area contributed by atoms with E-state index < -0.39 is 10.0 Å². The van der Waals surface area contributed by atoms with Gasteiger partial charge in [0.1, 0.15) is 0 Å². The van der Waals surface area contributed by atoms with Gasteiger partial charge in [-0.05, 0) is 24.6 Å². The Bertz CT molecular complexity index is 429. The number of nitrogens with one attached hydrogen (secondary N) is 2. The van der Waals surface area contributed by atoms with Crippen LogP contribution in [0, 0.1) is 0 Å². The van der Waals surface area contributed by atoms with Crippen molar-refractivity contribution >= 4 is 10.0 Å². The summed E-state index contributed by atoms with van der Waals surface area (Å²) in [6, 6.07) is 3.31. The zero-order valence-electron chi connectivity index (χ0n) is 10.2. The molecule has 6 heteroatoms. The van der Waals surface area contributed by atoms with E-state index in [-0.39, 0.29) is 5.03 Å². The summed E-state index contributed by atoms with van der Waals surface area (Å²) in [6.07, 6.45) is 2.66. The van der Waals surface area contributed by atoms with Crippen LogP contribution in [-0.4, -0.2) is 26.5 Å². The largest absolute Gasteiger partial charge is 0.313 e. The van der Waals surface area contributed by atoms with E-state index in [4.69, 9.17) is 0 Å². The average molecular weight is 257 g/mol. The third-order valence-corrected chi connectivity index (χ3v) is 3.62. The Hall–Kier alpha value is -0.980. The zero-order valence-corrected chi connectivity index (χ0v) is 11.0. The van der Waals surface area contributed by atoms with Crippen LogP contribution in [0.15, 0.2) is 23.4 Å². The second-order valence-electron chi connectivity index (χ2n) is 3.68. The number of nitrogens with zero attached hydrogens (tertiary/aromatic N) is 1. The molecule has 0 aliphatic heterocycles. The molecule has 1 rings (SSSR count). The second-order valence-corrected chi connectivity index (χ2v) is 5.40.